The molecule has 2 aliphatic heterocycles. The summed E-state index contributed by atoms with van der Waals surface area (Å²) in [4.78, 5) is 23.4. The van der Waals surface area contributed by atoms with E-state index in [4.69, 9.17) is 26.2 Å². The van der Waals surface area contributed by atoms with E-state index in [1.807, 2.05) is 0 Å². The lowest BCUT2D eigenvalue weighted by molar-refractivity contribution is -0.150. The van der Waals surface area contributed by atoms with Gasteiger partial charge in [-0.05, 0) is 13.0 Å². The highest BCUT2D eigenvalue weighted by molar-refractivity contribution is 6.36. The monoisotopic (exact) mass is 290 g/mol. The van der Waals surface area contributed by atoms with Gasteiger partial charge < -0.3 is 14.6 Å². The highest BCUT2D eigenvalue weighted by Gasteiger charge is 2.52. The lowest BCUT2D eigenvalue weighted by atomic mass is 10.0. The van der Waals surface area contributed by atoms with Crippen LogP contribution < -0.4 is 5.32 Å². The Hall–Kier alpha value is -1.15. The molecule has 0 spiro atoms. The minimum absolute atomic E-state index is 0.197. The number of carbonyl (C=O) groups is 2. The van der Waals surface area contributed by atoms with Crippen molar-refractivity contribution in [2.24, 2.45) is 0 Å². The van der Waals surface area contributed by atoms with E-state index in [1.54, 1.807) is 12.2 Å². The Bertz CT molecular complexity index is 425. The molecule has 0 bridgehead atoms. The number of ether oxygens (including phenoxy) is 2. The summed E-state index contributed by atoms with van der Waals surface area (Å²) in [6.07, 6.45) is 1.03. The van der Waals surface area contributed by atoms with Gasteiger partial charge in [-0.1, -0.05) is 6.08 Å². The van der Waals surface area contributed by atoms with E-state index in [-0.39, 0.29) is 6.61 Å². The number of aliphatic hydroxyl groups excluding tert-OH is 1. The second kappa shape index (κ2) is 5.09. The van der Waals surface area contributed by atoms with Crippen LogP contribution in [-0.4, -0.2) is 59.1 Å². The number of hydrogen-bond acceptors (Lipinski definition) is 5. The van der Waals surface area contributed by atoms with Crippen LogP contribution in [0.4, 0.5) is 4.79 Å². The Labute approximate surface area is 115 Å². The molecule has 1 fully saturated rings. The minimum atomic E-state index is -1.42. The zero-order chi connectivity index (χ0) is 14.2. The quantitative estimate of drug-likeness (QED) is 0.554. The first-order chi connectivity index (χ1) is 8.91. The second-order valence-corrected chi connectivity index (χ2v) is 5.25. The smallest absolute Gasteiger partial charge is 0.328 e. The van der Waals surface area contributed by atoms with E-state index in [2.05, 4.69) is 5.32 Å². The Balaban J connectivity index is 2.25. The highest BCUT2D eigenvalue weighted by Crippen LogP contribution is 2.32. The molecular formula is C11H15ClN2O5. The van der Waals surface area contributed by atoms with E-state index in [9.17, 15) is 9.59 Å². The average Bonchev–Trinajstić information content (AvgIpc) is 2.81. The van der Waals surface area contributed by atoms with Crippen molar-refractivity contribution in [1.82, 2.24) is 10.2 Å². The SMILES string of the molecule is CO[C@@H]1N([C@H]2C=C[C@@H](CO)O2)C(=O)NC(=O)[C@@]1(C)Cl. The number of urea groups is 1. The summed E-state index contributed by atoms with van der Waals surface area (Å²) in [5.74, 6) is -0.622. The van der Waals surface area contributed by atoms with Crippen molar-refractivity contribution >= 4 is 23.5 Å². The Morgan fingerprint density at radius 2 is 2.26 bits per heavy atom. The van der Waals surface area contributed by atoms with Crippen molar-refractivity contribution in [2.45, 2.75) is 30.4 Å². The molecule has 2 heterocycles. The van der Waals surface area contributed by atoms with Crippen molar-refractivity contribution in [2.75, 3.05) is 13.7 Å². The molecule has 7 nitrogen and oxygen atoms in total. The molecule has 0 aromatic rings. The molecule has 1 saturated heterocycles. The van der Waals surface area contributed by atoms with Crippen LogP contribution in [-0.2, 0) is 14.3 Å². The van der Waals surface area contributed by atoms with Crippen LogP contribution in [0.2, 0.25) is 0 Å². The number of aliphatic hydroxyl groups is 1. The van der Waals surface area contributed by atoms with Gasteiger partial charge >= 0.3 is 6.03 Å². The fourth-order valence-corrected chi connectivity index (χ4v) is 2.34. The first kappa shape index (κ1) is 14.3. The van der Waals surface area contributed by atoms with Crippen LogP contribution in [0.5, 0.6) is 0 Å². The number of methoxy groups -OCH3 is 1. The first-order valence-corrected chi connectivity index (χ1v) is 6.09. The Morgan fingerprint density at radius 1 is 1.58 bits per heavy atom. The molecule has 0 aromatic heterocycles. The topological polar surface area (TPSA) is 88.1 Å². The number of alkyl halides is 1. The summed E-state index contributed by atoms with van der Waals surface area (Å²) in [7, 11) is 1.35. The predicted molar refractivity (Wildman–Crippen MR) is 65.3 cm³/mol. The summed E-state index contributed by atoms with van der Waals surface area (Å²) in [5, 5.41) is 11.2. The molecule has 2 aliphatic rings. The predicted octanol–water partition coefficient (Wildman–Crippen LogP) is -0.218. The van der Waals surface area contributed by atoms with Crippen molar-refractivity contribution in [3.8, 4) is 0 Å². The minimum Gasteiger partial charge on any atom is -0.393 e. The number of imide groups is 1. The first-order valence-electron chi connectivity index (χ1n) is 5.72. The molecule has 8 heteroatoms. The fraction of sp³-hybridized carbons (Fsp3) is 0.636. The zero-order valence-corrected chi connectivity index (χ0v) is 11.3. The molecule has 2 rings (SSSR count). The molecule has 3 amide bonds. The second-order valence-electron chi connectivity index (χ2n) is 4.46. The highest BCUT2D eigenvalue weighted by atomic mass is 35.5. The average molecular weight is 291 g/mol. The van der Waals surface area contributed by atoms with Crippen LogP contribution in [0, 0.1) is 0 Å². The Morgan fingerprint density at radius 3 is 2.79 bits per heavy atom. The van der Waals surface area contributed by atoms with Crippen LogP contribution in [0.1, 0.15) is 6.92 Å². The summed E-state index contributed by atoms with van der Waals surface area (Å²) in [6, 6.07) is -0.650. The van der Waals surface area contributed by atoms with E-state index in [1.165, 1.54) is 18.9 Å². The number of hydrogen-bond donors (Lipinski definition) is 2. The van der Waals surface area contributed by atoms with Gasteiger partial charge in [0.2, 0.25) is 0 Å². The largest absolute Gasteiger partial charge is 0.393 e. The third-order valence-corrected chi connectivity index (χ3v) is 3.46. The van der Waals surface area contributed by atoms with Gasteiger partial charge in [-0.3, -0.25) is 15.0 Å². The van der Waals surface area contributed by atoms with Crippen molar-refractivity contribution < 1.29 is 24.2 Å². The molecule has 0 aromatic carbocycles. The molecule has 2 N–H and O–H groups in total. The van der Waals surface area contributed by atoms with E-state index in [0.717, 1.165) is 0 Å². The lowest BCUT2D eigenvalue weighted by Crippen LogP contribution is -2.69. The lowest BCUT2D eigenvalue weighted by Gasteiger charge is -2.44. The van der Waals surface area contributed by atoms with Crippen molar-refractivity contribution in [1.29, 1.82) is 0 Å². The molecule has 106 valence electrons. The molecule has 19 heavy (non-hydrogen) atoms. The fourth-order valence-electron chi connectivity index (χ4n) is 2.10. The van der Waals surface area contributed by atoms with Gasteiger partial charge in [-0.2, -0.15) is 0 Å². The van der Waals surface area contributed by atoms with Gasteiger partial charge in [0, 0.05) is 7.11 Å². The molecular weight excluding hydrogens is 276 g/mol. The molecule has 0 saturated carbocycles. The van der Waals surface area contributed by atoms with Gasteiger partial charge in [0.05, 0.1) is 6.61 Å². The van der Waals surface area contributed by atoms with E-state index in [0.29, 0.717) is 0 Å². The standard InChI is InChI=1S/C11H15ClN2O5/c1-11(12)8(16)13-10(17)14(9(11)18-2)7-4-3-6(5-15)19-7/h3-4,6-7,9,15H,5H2,1-2H3,(H,13,16,17)/t6-,7+,9-,11+/m0/s1. The molecule has 0 unspecified atom stereocenters. The van der Waals surface area contributed by atoms with E-state index >= 15 is 0 Å². The maximum atomic E-state index is 11.9. The van der Waals surface area contributed by atoms with Crippen LogP contribution >= 0.6 is 11.6 Å². The van der Waals surface area contributed by atoms with Crippen LogP contribution in [0.25, 0.3) is 0 Å². The maximum Gasteiger partial charge on any atom is 0.328 e. The molecule has 0 aliphatic carbocycles. The van der Waals surface area contributed by atoms with E-state index < -0.39 is 35.4 Å². The summed E-state index contributed by atoms with van der Waals surface area (Å²) in [5.41, 5.74) is 0. The summed E-state index contributed by atoms with van der Waals surface area (Å²) >= 11 is 6.14. The third-order valence-electron chi connectivity index (χ3n) is 3.10. The number of carbonyl (C=O) groups excluding carboxylic acids is 2. The third kappa shape index (κ3) is 2.34. The summed E-state index contributed by atoms with van der Waals surface area (Å²) in [6.45, 7) is 1.26. The van der Waals surface area contributed by atoms with Crippen molar-refractivity contribution in [3.63, 3.8) is 0 Å². The van der Waals surface area contributed by atoms with Gasteiger partial charge in [0.1, 0.15) is 6.10 Å². The number of amides is 3. The van der Waals surface area contributed by atoms with Crippen molar-refractivity contribution in [3.05, 3.63) is 12.2 Å². The Kier molecular flexibility index (Phi) is 3.82. The number of rotatable bonds is 3. The number of nitrogens with zero attached hydrogens (tertiary/aromatic N) is 1. The van der Waals surface area contributed by atoms with Gasteiger partial charge in [-0.25, -0.2) is 4.79 Å². The summed E-state index contributed by atoms with van der Waals surface area (Å²) < 4.78 is 10.6. The van der Waals surface area contributed by atoms with Gasteiger partial charge in [0.15, 0.2) is 17.3 Å². The van der Waals surface area contributed by atoms with Gasteiger partial charge in [0.25, 0.3) is 5.91 Å². The van der Waals surface area contributed by atoms with Gasteiger partial charge in [-0.15, -0.1) is 11.6 Å². The van der Waals surface area contributed by atoms with Crippen LogP contribution in [0.15, 0.2) is 12.2 Å². The number of halogens is 1. The van der Waals surface area contributed by atoms with Crippen LogP contribution in [0.3, 0.4) is 0 Å². The number of nitrogens with one attached hydrogen (secondary N) is 1. The molecule has 4 atom stereocenters. The maximum absolute atomic E-state index is 11.9. The molecule has 0 radical (unpaired) electrons. The zero-order valence-electron chi connectivity index (χ0n) is 10.5. The normalized spacial score (nSPS) is 38.7.